The molecular weight excluding hydrogens is 262 g/mol. The molecule has 0 amide bonds. The Morgan fingerprint density at radius 2 is 2.15 bits per heavy atom. The Balaban J connectivity index is 2.64. The number of nitrogens with zero attached hydrogens (tertiary/aromatic N) is 3. The molecule has 0 atom stereocenters. The van der Waals surface area contributed by atoms with Crippen LogP contribution in [0.1, 0.15) is 5.69 Å². The first-order valence-corrected chi connectivity index (χ1v) is 5.87. The summed E-state index contributed by atoms with van der Waals surface area (Å²) >= 11 is 0. The minimum atomic E-state index is -0.972. The standard InChI is InChI=1S/C13H13N3O4/c1-8-5-12(15(2)7-13(17)18)10-6-9(16(19)20)3-4-11(10)14-8/h3-6H,7H2,1-2H3,(H,17,18). The van der Waals surface area contributed by atoms with Crippen LogP contribution in [0.3, 0.4) is 0 Å². The number of anilines is 1. The largest absolute Gasteiger partial charge is 0.480 e. The van der Waals surface area contributed by atoms with Gasteiger partial charge in [-0.25, -0.2) is 0 Å². The van der Waals surface area contributed by atoms with Crippen LogP contribution in [0, 0.1) is 17.0 Å². The second-order valence-electron chi connectivity index (χ2n) is 4.49. The SMILES string of the molecule is Cc1cc(N(C)CC(=O)O)c2cc([N+](=O)[O-])ccc2n1. The van der Waals surface area contributed by atoms with Crippen molar-refractivity contribution in [1.29, 1.82) is 0 Å². The zero-order valence-corrected chi connectivity index (χ0v) is 11.0. The van der Waals surface area contributed by atoms with Crippen LogP contribution in [0.2, 0.25) is 0 Å². The number of nitro benzene ring substituents is 1. The predicted molar refractivity (Wildman–Crippen MR) is 74.0 cm³/mol. The average molecular weight is 275 g/mol. The zero-order valence-electron chi connectivity index (χ0n) is 11.0. The number of pyridine rings is 1. The Labute approximate surface area is 114 Å². The highest BCUT2D eigenvalue weighted by atomic mass is 16.6. The summed E-state index contributed by atoms with van der Waals surface area (Å²) in [6.07, 6.45) is 0. The molecule has 0 aliphatic rings. The van der Waals surface area contributed by atoms with Crippen molar-refractivity contribution in [2.24, 2.45) is 0 Å². The Morgan fingerprint density at radius 3 is 2.75 bits per heavy atom. The molecule has 1 aromatic heterocycles. The minimum Gasteiger partial charge on any atom is -0.480 e. The number of benzene rings is 1. The maximum atomic E-state index is 10.8. The molecule has 1 N–H and O–H groups in total. The number of aryl methyl sites for hydroxylation is 1. The second kappa shape index (κ2) is 5.12. The van der Waals surface area contributed by atoms with E-state index in [4.69, 9.17) is 5.11 Å². The Kier molecular flexibility index (Phi) is 3.51. The van der Waals surface area contributed by atoms with E-state index in [0.29, 0.717) is 16.6 Å². The lowest BCUT2D eigenvalue weighted by molar-refractivity contribution is -0.384. The van der Waals surface area contributed by atoms with Gasteiger partial charge >= 0.3 is 5.97 Å². The van der Waals surface area contributed by atoms with Gasteiger partial charge in [0, 0.05) is 35.9 Å². The molecule has 1 heterocycles. The number of nitro groups is 1. The molecule has 2 aromatic rings. The van der Waals surface area contributed by atoms with Crippen molar-refractivity contribution in [2.45, 2.75) is 6.92 Å². The second-order valence-corrected chi connectivity index (χ2v) is 4.49. The van der Waals surface area contributed by atoms with E-state index in [0.717, 1.165) is 5.69 Å². The highest BCUT2D eigenvalue weighted by molar-refractivity contribution is 5.94. The van der Waals surface area contributed by atoms with Gasteiger partial charge < -0.3 is 10.0 Å². The number of hydrogen-bond acceptors (Lipinski definition) is 5. The van der Waals surface area contributed by atoms with Crippen LogP contribution in [0.5, 0.6) is 0 Å². The van der Waals surface area contributed by atoms with Crippen LogP contribution < -0.4 is 4.90 Å². The number of rotatable bonds is 4. The first-order valence-electron chi connectivity index (χ1n) is 5.87. The van der Waals surface area contributed by atoms with E-state index >= 15 is 0 Å². The van der Waals surface area contributed by atoms with Crippen molar-refractivity contribution in [3.63, 3.8) is 0 Å². The maximum absolute atomic E-state index is 10.8. The van der Waals surface area contributed by atoms with Crippen molar-refractivity contribution < 1.29 is 14.8 Å². The normalized spacial score (nSPS) is 10.5. The van der Waals surface area contributed by atoms with Gasteiger partial charge in [-0.05, 0) is 19.1 Å². The number of carboxylic acids is 1. The summed E-state index contributed by atoms with van der Waals surface area (Å²) in [5.41, 5.74) is 1.88. The topological polar surface area (TPSA) is 96.6 Å². The van der Waals surface area contributed by atoms with E-state index in [9.17, 15) is 14.9 Å². The number of carboxylic acid groups (broad SMARTS) is 1. The number of fused-ring (bicyclic) bond motifs is 1. The van der Waals surface area contributed by atoms with Gasteiger partial charge in [0.2, 0.25) is 0 Å². The Bertz CT molecular complexity index is 699. The number of carbonyl (C=O) groups is 1. The molecule has 0 aliphatic heterocycles. The summed E-state index contributed by atoms with van der Waals surface area (Å²) in [7, 11) is 1.63. The van der Waals surface area contributed by atoms with Crippen LogP contribution in [0.25, 0.3) is 10.9 Å². The predicted octanol–water partition coefficient (Wildman–Crippen LogP) is 1.97. The summed E-state index contributed by atoms with van der Waals surface area (Å²) in [5, 5.41) is 20.3. The van der Waals surface area contributed by atoms with E-state index in [2.05, 4.69) is 4.98 Å². The average Bonchev–Trinajstić information content (AvgIpc) is 2.36. The molecule has 0 fully saturated rings. The lowest BCUT2D eigenvalue weighted by Gasteiger charge is -2.19. The third-order valence-electron chi connectivity index (χ3n) is 2.89. The Morgan fingerprint density at radius 1 is 1.45 bits per heavy atom. The van der Waals surface area contributed by atoms with Gasteiger partial charge in [0.1, 0.15) is 6.54 Å². The van der Waals surface area contributed by atoms with E-state index in [1.165, 1.54) is 17.0 Å². The fourth-order valence-electron chi connectivity index (χ4n) is 2.04. The molecule has 0 spiro atoms. The van der Waals surface area contributed by atoms with Crippen molar-refractivity contribution in [3.8, 4) is 0 Å². The molecule has 104 valence electrons. The van der Waals surface area contributed by atoms with Gasteiger partial charge in [0.25, 0.3) is 5.69 Å². The highest BCUT2D eigenvalue weighted by Crippen LogP contribution is 2.29. The fourth-order valence-corrected chi connectivity index (χ4v) is 2.04. The van der Waals surface area contributed by atoms with Gasteiger partial charge in [-0.2, -0.15) is 0 Å². The van der Waals surface area contributed by atoms with Gasteiger partial charge in [0.15, 0.2) is 0 Å². The minimum absolute atomic E-state index is 0.0480. The lowest BCUT2D eigenvalue weighted by atomic mass is 10.1. The van der Waals surface area contributed by atoms with E-state index in [1.54, 1.807) is 26.1 Å². The van der Waals surface area contributed by atoms with Crippen molar-refractivity contribution in [1.82, 2.24) is 4.98 Å². The third-order valence-corrected chi connectivity index (χ3v) is 2.89. The van der Waals surface area contributed by atoms with Crippen molar-refractivity contribution >= 4 is 28.2 Å². The first-order chi connectivity index (χ1) is 9.38. The van der Waals surface area contributed by atoms with Gasteiger partial charge in [-0.15, -0.1) is 0 Å². The van der Waals surface area contributed by atoms with Crippen LogP contribution in [-0.2, 0) is 4.79 Å². The molecular formula is C13H13N3O4. The number of hydrogen-bond donors (Lipinski definition) is 1. The molecule has 1 aromatic carbocycles. The summed E-state index contributed by atoms with van der Waals surface area (Å²) in [6.45, 7) is 1.60. The van der Waals surface area contributed by atoms with E-state index in [1.807, 2.05) is 0 Å². The van der Waals surface area contributed by atoms with Crippen LogP contribution >= 0.6 is 0 Å². The molecule has 0 radical (unpaired) electrons. The molecule has 7 nitrogen and oxygen atoms in total. The maximum Gasteiger partial charge on any atom is 0.323 e. The number of non-ortho nitro benzene ring substituents is 1. The molecule has 0 saturated carbocycles. The van der Waals surface area contributed by atoms with Crippen LogP contribution in [-0.4, -0.2) is 34.6 Å². The zero-order chi connectivity index (χ0) is 14.9. The monoisotopic (exact) mass is 275 g/mol. The summed E-state index contributed by atoms with van der Waals surface area (Å²) in [5.74, 6) is -0.972. The molecule has 20 heavy (non-hydrogen) atoms. The van der Waals surface area contributed by atoms with E-state index in [-0.39, 0.29) is 12.2 Å². The summed E-state index contributed by atoms with van der Waals surface area (Å²) < 4.78 is 0. The van der Waals surface area contributed by atoms with Crippen molar-refractivity contribution in [2.75, 3.05) is 18.5 Å². The van der Waals surface area contributed by atoms with Gasteiger partial charge in [-0.1, -0.05) is 0 Å². The molecule has 0 aliphatic carbocycles. The molecule has 7 heteroatoms. The molecule has 0 bridgehead atoms. The number of aliphatic carboxylic acids is 1. The molecule has 0 saturated heterocycles. The van der Waals surface area contributed by atoms with Gasteiger partial charge in [0.05, 0.1) is 10.4 Å². The molecule has 0 unspecified atom stereocenters. The summed E-state index contributed by atoms with van der Waals surface area (Å²) in [6, 6.07) is 6.08. The Hall–Kier alpha value is -2.70. The smallest absolute Gasteiger partial charge is 0.323 e. The van der Waals surface area contributed by atoms with Gasteiger partial charge in [-0.3, -0.25) is 19.9 Å². The third kappa shape index (κ3) is 2.66. The van der Waals surface area contributed by atoms with Crippen molar-refractivity contribution in [3.05, 3.63) is 40.1 Å². The fraction of sp³-hybridized carbons (Fsp3) is 0.231. The highest BCUT2D eigenvalue weighted by Gasteiger charge is 2.14. The number of likely N-dealkylation sites (N-methyl/N-ethyl adjacent to an activating group) is 1. The van der Waals surface area contributed by atoms with E-state index < -0.39 is 10.9 Å². The van der Waals surface area contributed by atoms with Crippen LogP contribution in [0.15, 0.2) is 24.3 Å². The van der Waals surface area contributed by atoms with Crippen LogP contribution in [0.4, 0.5) is 11.4 Å². The number of aromatic nitrogens is 1. The first kappa shape index (κ1) is 13.7. The quantitative estimate of drug-likeness (QED) is 0.676. The summed E-state index contributed by atoms with van der Waals surface area (Å²) in [4.78, 5) is 27.0. The lowest BCUT2D eigenvalue weighted by Crippen LogP contribution is -2.25. The molecule has 2 rings (SSSR count).